The Hall–Kier alpha value is -0.780. The van der Waals surface area contributed by atoms with Crippen molar-refractivity contribution >= 4 is 21.6 Å². The van der Waals surface area contributed by atoms with Crippen LogP contribution in [0.5, 0.6) is 5.75 Å². The summed E-state index contributed by atoms with van der Waals surface area (Å²) in [5, 5.41) is 8.47. The molecule has 1 rings (SSSR count). The van der Waals surface area contributed by atoms with Gasteiger partial charge in [0.15, 0.2) is 0 Å². The van der Waals surface area contributed by atoms with Crippen molar-refractivity contribution in [2.45, 2.75) is 0 Å². The standard InChI is InChI=1S/C10H14BrNO3/c11-8-1-2-10(9(12)7-8)15-6-5-14-4-3-13/h1-2,7,13H,3-6,12H2. The van der Waals surface area contributed by atoms with E-state index < -0.39 is 0 Å². The second kappa shape index (κ2) is 6.66. The molecule has 0 aliphatic carbocycles. The van der Waals surface area contributed by atoms with Crippen LogP contribution >= 0.6 is 15.9 Å². The average Bonchev–Trinajstić information content (AvgIpc) is 2.20. The van der Waals surface area contributed by atoms with Crippen molar-refractivity contribution in [3.05, 3.63) is 22.7 Å². The molecule has 0 saturated carbocycles. The Morgan fingerprint density at radius 3 is 2.73 bits per heavy atom. The van der Waals surface area contributed by atoms with Crippen molar-refractivity contribution in [2.24, 2.45) is 0 Å². The fourth-order valence-electron chi connectivity index (χ4n) is 1.03. The quantitative estimate of drug-likeness (QED) is 0.609. The zero-order valence-electron chi connectivity index (χ0n) is 8.28. The normalized spacial score (nSPS) is 10.3. The van der Waals surface area contributed by atoms with E-state index in [1.807, 2.05) is 6.07 Å². The number of ether oxygens (including phenoxy) is 2. The number of anilines is 1. The Bertz CT molecular complexity index is 307. The second-order valence-corrected chi connectivity index (χ2v) is 3.78. The van der Waals surface area contributed by atoms with E-state index in [1.54, 1.807) is 12.1 Å². The summed E-state index contributed by atoms with van der Waals surface area (Å²) in [6.45, 7) is 1.22. The summed E-state index contributed by atoms with van der Waals surface area (Å²) in [5.74, 6) is 0.644. The number of nitrogen functional groups attached to an aromatic ring is 1. The van der Waals surface area contributed by atoms with Gasteiger partial charge in [-0.25, -0.2) is 0 Å². The van der Waals surface area contributed by atoms with Gasteiger partial charge >= 0.3 is 0 Å². The lowest BCUT2D eigenvalue weighted by atomic mass is 10.3. The number of halogens is 1. The molecule has 1 aromatic carbocycles. The highest BCUT2D eigenvalue weighted by molar-refractivity contribution is 9.10. The first kappa shape index (κ1) is 12.3. The third kappa shape index (κ3) is 4.51. The van der Waals surface area contributed by atoms with Crippen molar-refractivity contribution in [1.82, 2.24) is 0 Å². The molecule has 0 heterocycles. The first-order chi connectivity index (χ1) is 7.24. The lowest BCUT2D eigenvalue weighted by Gasteiger charge is -2.09. The maximum Gasteiger partial charge on any atom is 0.142 e. The number of hydrogen-bond acceptors (Lipinski definition) is 4. The molecule has 0 aromatic heterocycles. The Balaban J connectivity index is 2.31. The van der Waals surface area contributed by atoms with Crippen LogP contribution in [0.15, 0.2) is 22.7 Å². The van der Waals surface area contributed by atoms with Gasteiger partial charge in [-0.3, -0.25) is 0 Å². The molecule has 1 aromatic rings. The van der Waals surface area contributed by atoms with Crippen molar-refractivity contribution in [2.75, 3.05) is 32.2 Å². The summed E-state index contributed by atoms with van der Waals surface area (Å²) in [7, 11) is 0. The van der Waals surface area contributed by atoms with Gasteiger partial charge in [0, 0.05) is 4.47 Å². The fraction of sp³-hybridized carbons (Fsp3) is 0.400. The van der Waals surface area contributed by atoms with Crippen molar-refractivity contribution in [3.63, 3.8) is 0 Å². The molecule has 0 saturated heterocycles. The van der Waals surface area contributed by atoms with E-state index >= 15 is 0 Å². The molecule has 0 radical (unpaired) electrons. The zero-order valence-corrected chi connectivity index (χ0v) is 9.87. The molecular weight excluding hydrogens is 262 g/mol. The molecule has 3 N–H and O–H groups in total. The molecule has 0 aliphatic rings. The molecule has 15 heavy (non-hydrogen) atoms. The minimum atomic E-state index is 0.0282. The van der Waals surface area contributed by atoms with Gasteiger partial charge in [-0.15, -0.1) is 0 Å². The highest BCUT2D eigenvalue weighted by Gasteiger charge is 2.00. The smallest absolute Gasteiger partial charge is 0.142 e. The predicted molar refractivity (Wildman–Crippen MR) is 62.0 cm³/mol. The third-order valence-electron chi connectivity index (χ3n) is 1.69. The van der Waals surface area contributed by atoms with E-state index in [1.165, 1.54) is 0 Å². The zero-order chi connectivity index (χ0) is 11.1. The van der Waals surface area contributed by atoms with E-state index in [0.29, 0.717) is 31.3 Å². The van der Waals surface area contributed by atoms with Crippen LogP contribution in [-0.4, -0.2) is 31.5 Å². The summed E-state index contributed by atoms with van der Waals surface area (Å²) in [5.41, 5.74) is 6.32. The van der Waals surface area contributed by atoms with E-state index in [2.05, 4.69) is 15.9 Å². The van der Waals surface area contributed by atoms with Gasteiger partial charge in [0.2, 0.25) is 0 Å². The van der Waals surface area contributed by atoms with Gasteiger partial charge < -0.3 is 20.3 Å². The molecule has 0 amide bonds. The lowest BCUT2D eigenvalue weighted by Crippen LogP contribution is -2.09. The Kier molecular flexibility index (Phi) is 5.45. The van der Waals surface area contributed by atoms with Crippen LogP contribution in [0.25, 0.3) is 0 Å². The van der Waals surface area contributed by atoms with Crippen molar-refractivity contribution in [1.29, 1.82) is 0 Å². The summed E-state index contributed by atoms with van der Waals surface area (Å²) in [6, 6.07) is 5.44. The molecule has 0 fully saturated rings. The van der Waals surface area contributed by atoms with Gasteiger partial charge in [0.1, 0.15) is 12.4 Å². The second-order valence-electron chi connectivity index (χ2n) is 2.87. The van der Waals surface area contributed by atoms with Crippen molar-refractivity contribution < 1.29 is 14.6 Å². The molecule has 4 nitrogen and oxygen atoms in total. The molecule has 0 aliphatic heterocycles. The fourth-order valence-corrected chi connectivity index (χ4v) is 1.41. The van der Waals surface area contributed by atoms with Crippen LogP contribution in [0.4, 0.5) is 5.69 Å². The van der Waals surface area contributed by atoms with Gasteiger partial charge in [0.25, 0.3) is 0 Å². The summed E-state index contributed by atoms with van der Waals surface area (Å²) in [6.07, 6.45) is 0. The first-order valence-corrected chi connectivity index (χ1v) is 5.40. The van der Waals surface area contributed by atoms with E-state index in [0.717, 1.165) is 4.47 Å². The molecule has 84 valence electrons. The van der Waals surface area contributed by atoms with Gasteiger partial charge in [-0.2, -0.15) is 0 Å². The van der Waals surface area contributed by atoms with Crippen LogP contribution < -0.4 is 10.5 Å². The van der Waals surface area contributed by atoms with E-state index in [-0.39, 0.29) is 6.61 Å². The molecule has 5 heteroatoms. The van der Waals surface area contributed by atoms with E-state index in [9.17, 15) is 0 Å². The van der Waals surface area contributed by atoms with Crippen LogP contribution in [0.2, 0.25) is 0 Å². The number of hydrogen-bond donors (Lipinski definition) is 2. The highest BCUT2D eigenvalue weighted by Crippen LogP contribution is 2.24. The van der Waals surface area contributed by atoms with Crippen LogP contribution in [0.1, 0.15) is 0 Å². The van der Waals surface area contributed by atoms with E-state index in [4.69, 9.17) is 20.3 Å². The predicted octanol–water partition coefficient (Wildman–Crippen LogP) is 1.42. The Morgan fingerprint density at radius 1 is 1.27 bits per heavy atom. The minimum absolute atomic E-state index is 0.0282. The SMILES string of the molecule is Nc1cc(Br)ccc1OCCOCCO. The number of benzene rings is 1. The number of aliphatic hydroxyl groups excluding tert-OH is 1. The Labute approximate surface area is 97.1 Å². The largest absolute Gasteiger partial charge is 0.489 e. The maximum absolute atomic E-state index is 8.47. The maximum atomic E-state index is 8.47. The molecule has 0 spiro atoms. The highest BCUT2D eigenvalue weighted by atomic mass is 79.9. The first-order valence-electron chi connectivity index (χ1n) is 4.60. The van der Waals surface area contributed by atoms with Crippen LogP contribution in [0.3, 0.4) is 0 Å². The minimum Gasteiger partial charge on any atom is -0.489 e. The number of rotatable bonds is 6. The van der Waals surface area contributed by atoms with Crippen LogP contribution in [0, 0.1) is 0 Å². The number of aliphatic hydroxyl groups is 1. The van der Waals surface area contributed by atoms with Crippen LogP contribution in [-0.2, 0) is 4.74 Å². The van der Waals surface area contributed by atoms with Gasteiger partial charge in [-0.05, 0) is 18.2 Å². The molecule has 0 bridgehead atoms. The lowest BCUT2D eigenvalue weighted by molar-refractivity contribution is 0.0707. The molecule has 0 unspecified atom stereocenters. The summed E-state index contributed by atoms with van der Waals surface area (Å²) in [4.78, 5) is 0. The number of nitrogens with two attached hydrogens (primary N) is 1. The molecule has 0 atom stereocenters. The summed E-state index contributed by atoms with van der Waals surface area (Å²) >= 11 is 3.31. The Morgan fingerprint density at radius 2 is 2.07 bits per heavy atom. The topological polar surface area (TPSA) is 64.7 Å². The van der Waals surface area contributed by atoms with Gasteiger partial charge in [0.05, 0.1) is 25.5 Å². The van der Waals surface area contributed by atoms with Crippen molar-refractivity contribution in [3.8, 4) is 5.75 Å². The monoisotopic (exact) mass is 275 g/mol. The third-order valence-corrected chi connectivity index (χ3v) is 2.19. The average molecular weight is 276 g/mol. The molecular formula is C10H14BrNO3. The summed E-state index contributed by atoms with van der Waals surface area (Å²) < 4.78 is 11.3. The van der Waals surface area contributed by atoms with Gasteiger partial charge in [-0.1, -0.05) is 15.9 Å².